The van der Waals surface area contributed by atoms with Gasteiger partial charge in [0.2, 0.25) is 11.8 Å². The first-order valence-corrected chi connectivity index (χ1v) is 6.15. The summed E-state index contributed by atoms with van der Waals surface area (Å²) in [6.45, 7) is 1.43. The second-order valence-electron chi connectivity index (χ2n) is 5.36. The van der Waals surface area contributed by atoms with Gasteiger partial charge < -0.3 is 4.48 Å². The third-order valence-corrected chi connectivity index (χ3v) is 3.72. The molecule has 2 fully saturated rings. The lowest BCUT2D eigenvalue weighted by Crippen LogP contribution is -2.43. The molecule has 2 saturated heterocycles. The Hall–Kier alpha value is -1.34. The van der Waals surface area contributed by atoms with Gasteiger partial charge in [0.15, 0.2) is 6.04 Å². The molecule has 1 unspecified atom stereocenters. The predicted molar refractivity (Wildman–Crippen MR) is 63.7 cm³/mol. The molecule has 0 aromatic rings. The minimum atomic E-state index is -0.0792. The zero-order valence-electron chi connectivity index (χ0n) is 10.5. The van der Waals surface area contributed by atoms with Crippen LogP contribution in [0.3, 0.4) is 0 Å². The van der Waals surface area contributed by atoms with Crippen LogP contribution in [0, 0.1) is 11.8 Å². The summed E-state index contributed by atoms with van der Waals surface area (Å²) in [6, 6.07) is 0.350. The van der Waals surface area contributed by atoms with Crippen molar-refractivity contribution in [1.82, 2.24) is 4.90 Å². The summed E-state index contributed by atoms with van der Waals surface area (Å²) in [5.41, 5.74) is 0. The standard InChI is InChI=1S/C13H19N2O2/c1-15(2)10-4-6-11(15)5-3-9-14-12(16)7-8-13(14)17/h11H,4,6-10H2,1-2H3/q+1. The van der Waals surface area contributed by atoms with E-state index in [1.54, 1.807) is 0 Å². The highest BCUT2D eigenvalue weighted by atomic mass is 16.2. The number of amides is 2. The summed E-state index contributed by atoms with van der Waals surface area (Å²) >= 11 is 0. The SMILES string of the molecule is C[N+]1(C)CCCC1C#CCN1C(=O)CCC1=O. The lowest BCUT2D eigenvalue weighted by Gasteiger charge is -2.28. The second kappa shape index (κ2) is 4.50. The Balaban J connectivity index is 1.94. The lowest BCUT2D eigenvalue weighted by molar-refractivity contribution is -0.894. The fraction of sp³-hybridized carbons (Fsp3) is 0.692. The summed E-state index contributed by atoms with van der Waals surface area (Å²) in [5.74, 6) is 6.06. The number of rotatable bonds is 1. The van der Waals surface area contributed by atoms with Crippen LogP contribution in [0.25, 0.3) is 0 Å². The van der Waals surface area contributed by atoms with E-state index in [9.17, 15) is 9.59 Å². The third-order valence-electron chi connectivity index (χ3n) is 3.72. The molecule has 17 heavy (non-hydrogen) atoms. The number of hydrogen-bond donors (Lipinski definition) is 0. The molecular weight excluding hydrogens is 216 g/mol. The highest BCUT2D eigenvalue weighted by Gasteiger charge is 2.32. The maximum atomic E-state index is 11.4. The first-order valence-electron chi connectivity index (χ1n) is 6.15. The molecule has 2 aliphatic rings. The van der Waals surface area contributed by atoms with Gasteiger partial charge in [0.25, 0.3) is 0 Å². The molecule has 0 saturated carbocycles. The largest absolute Gasteiger partial charge is 0.316 e. The maximum absolute atomic E-state index is 11.4. The van der Waals surface area contributed by atoms with Crippen molar-refractivity contribution in [2.24, 2.45) is 0 Å². The minimum Gasteiger partial charge on any atom is -0.316 e. The van der Waals surface area contributed by atoms with Crippen molar-refractivity contribution < 1.29 is 14.1 Å². The molecule has 1 atom stereocenters. The van der Waals surface area contributed by atoms with Crippen LogP contribution in [-0.2, 0) is 9.59 Å². The van der Waals surface area contributed by atoms with Crippen LogP contribution in [0.2, 0.25) is 0 Å². The molecule has 2 amide bonds. The summed E-state index contributed by atoms with van der Waals surface area (Å²) in [7, 11) is 4.36. The normalized spacial score (nSPS) is 27.2. The number of carbonyl (C=O) groups excluding carboxylic acids is 2. The summed E-state index contributed by atoms with van der Waals surface area (Å²) in [6.07, 6.45) is 3.02. The van der Waals surface area contributed by atoms with Crippen LogP contribution >= 0.6 is 0 Å². The Labute approximate surface area is 102 Å². The molecule has 0 bridgehead atoms. The summed E-state index contributed by atoms with van der Waals surface area (Å²) < 4.78 is 0.925. The van der Waals surface area contributed by atoms with Crippen molar-refractivity contribution >= 4 is 11.8 Å². The van der Waals surface area contributed by atoms with E-state index >= 15 is 0 Å². The molecule has 0 aromatic heterocycles. The van der Waals surface area contributed by atoms with Crippen LogP contribution in [0.15, 0.2) is 0 Å². The first kappa shape index (κ1) is 12.1. The van der Waals surface area contributed by atoms with Gasteiger partial charge in [0.1, 0.15) is 0 Å². The van der Waals surface area contributed by atoms with Gasteiger partial charge in [-0.3, -0.25) is 14.5 Å². The zero-order chi connectivity index (χ0) is 12.5. The van der Waals surface area contributed by atoms with Gasteiger partial charge in [-0.2, -0.15) is 0 Å². The van der Waals surface area contributed by atoms with Crippen molar-refractivity contribution in [2.75, 3.05) is 27.2 Å². The monoisotopic (exact) mass is 235 g/mol. The van der Waals surface area contributed by atoms with Crippen molar-refractivity contribution in [2.45, 2.75) is 31.7 Å². The number of hydrogen-bond acceptors (Lipinski definition) is 2. The van der Waals surface area contributed by atoms with Gasteiger partial charge in [0.05, 0.1) is 27.2 Å². The van der Waals surface area contributed by atoms with Gasteiger partial charge in [-0.1, -0.05) is 5.92 Å². The van der Waals surface area contributed by atoms with Gasteiger partial charge in [-0.05, 0) is 5.92 Å². The van der Waals surface area contributed by atoms with Gasteiger partial charge in [-0.25, -0.2) is 0 Å². The Morgan fingerprint density at radius 2 is 1.94 bits per heavy atom. The molecule has 0 aromatic carbocycles. The second-order valence-corrected chi connectivity index (χ2v) is 5.36. The third kappa shape index (κ3) is 2.50. The Morgan fingerprint density at radius 1 is 1.29 bits per heavy atom. The number of imide groups is 1. The molecule has 0 spiro atoms. The average molecular weight is 235 g/mol. The fourth-order valence-electron chi connectivity index (χ4n) is 2.49. The van der Waals surface area contributed by atoms with E-state index in [-0.39, 0.29) is 18.4 Å². The van der Waals surface area contributed by atoms with Crippen LogP contribution in [0.5, 0.6) is 0 Å². The van der Waals surface area contributed by atoms with E-state index in [4.69, 9.17) is 0 Å². The smallest absolute Gasteiger partial charge is 0.230 e. The van der Waals surface area contributed by atoms with Gasteiger partial charge >= 0.3 is 0 Å². The molecule has 4 heteroatoms. The lowest BCUT2D eigenvalue weighted by atomic mass is 10.2. The van der Waals surface area contributed by atoms with Crippen LogP contribution in [0.4, 0.5) is 0 Å². The maximum Gasteiger partial charge on any atom is 0.230 e. The quantitative estimate of drug-likeness (QED) is 0.374. The topological polar surface area (TPSA) is 37.4 Å². The number of likely N-dealkylation sites (tertiary alicyclic amines) is 2. The molecule has 2 heterocycles. The molecule has 0 aliphatic carbocycles. The molecule has 0 radical (unpaired) electrons. The number of quaternary nitrogens is 1. The van der Waals surface area contributed by atoms with Crippen LogP contribution < -0.4 is 0 Å². The van der Waals surface area contributed by atoms with Crippen LogP contribution in [-0.4, -0.2) is 54.4 Å². The highest BCUT2D eigenvalue weighted by molar-refractivity contribution is 6.02. The fourth-order valence-corrected chi connectivity index (χ4v) is 2.49. The molecular formula is C13H19N2O2+. The average Bonchev–Trinajstić information content (AvgIpc) is 2.74. The van der Waals surface area contributed by atoms with Crippen molar-refractivity contribution in [3.63, 3.8) is 0 Å². The molecule has 2 rings (SSSR count). The number of carbonyl (C=O) groups is 2. The van der Waals surface area contributed by atoms with E-state index in [0.29, 0.717) is 18.9 Å². The van der Waals surface area contributed by atoms with Gasteiger partial charge in [0, 0.05) is 25.7 Å². The van der Waals surface area contributed by atoms with E-state index in [1.165, 1.54) is 11.3 Å². The molecule has 0 N–H and O–H groups in total. The van der Waals surface area contributed by atoms with Crippen LogP contribution in [0.1, 0.15) is 25.7 Å². The highest BCUT2D eigenvalue weighted by Crippen LogP contribution is 2.21. The summed E-state index contributed by atoms with van der Waals surface area (Å²) in [4.78, 5) is 24.0. The predicted octanol–water partition coefficient (Wildman–Crippen LogP) is 0.378. The minimum absolute atomic E-state index is 0.0792. The van der Waals surface area contributed by atoms with Crippen molar-refractivity contribution in [1.29, 1.82) is 0 Å². The Bertz CT molecular complexity index is 387. The van der Waals surface area contributed by atoms with E-state index in [1.807, 2.05) is 0 Å². The first-order chi connectivity index (χ1) is 8.00. The Kier molecular flexibility index (Phi) is 3.21. The van der Waals surface area contributed by atoms with E-state index in [0.717, 1.165) is 17.4 Å². The number of nitrogens with zero attached hydrogens (tertiary/aromatic N) is 2. The molecule has 92 valence electrons. The van der Waals surface area contributed by atoms with Gasteiger partial charge in [-0.15, -0.1) is 0 Å². The van der Waals surface area contributed by atoms with Crippen molar-refractivity contribution in [3.8, 4) is 11.8 Å². The van der Waals surface area contributed by atoms with E-state index in [2.05, 4.69) is 25.9 Å². The Morgan fingerprint density at radius 3 is 2.47 bits per heavy atom. The zero-order valence-corrected chi connectivity index (χ0v) is 10.5. The van der Waals surface area contributed by atoms with E-state index < -0.39 is 0 Å². The molecule has 4 nitrogen and oxygen atoms in total. The summed E-state index contributed by atoms with van der Waals surface area (Å²) in [5, 5.41) is 0. The molecule has 2 aliphatic heterocycles. The van der Waals surface area contributed by atoms with Crippen molar-refractivity contribution in [3.05, 3.63) is 0 Å².